The Bertz CT molecular complexity index is 1170. The van der Waals surface area contributed by atoms with Crippen LogP contribution in [0.5, 0.6) is 5.88 Å². The third-order valence-electron chi connectivity index (χ3n) is 5.39. The molecule has 10 nitrogen and oxygen atoms in total. The molecule has 3 aromatic rings. The number of hydrogen-bond donors (Lipinski definition) is 2. The number of ether oxygens (including phenoxy) is 1. The molecule has 1 fully saturated rings. The highest BCUT2D eigenvalue weighted by molar-refractivity contribution is 7.99. The Morgan fingerprint density at radius 3 is 2.69 bits per heavy atom. The minimum absolute atomic E-state index is 0.222. The van der Waals surface area contributed by atoms with E-state index < -0.39 is 0 Å². The molecule has 0 aliphatic carbocycles. The molecule has 3 heterocycles. The average Bonchev–Trinajstić information content (AvgIpc) is 2.88. The molecule has 3 N–H and O–H groups in total. The fourth-order valence-corrected chi connectivity index (χ4v) is 4.28. The molecule has 35 heavy (non-hydrogen) atoms. The van der Waals surface area contributed by atoms with Crippen LogP contribution in [0.1, 0.15) is 12.5 Å². The molecule has 0 radical (unpaired) electrons. The van der Waals surface area contributed by atoms with Gasteiger partial charge in [-0.1, -0.05) is 43.8 Å². The van der Waals surface area contributed by atoms with Gasteiger partial charge in [0.05, 0.1) is 11.1 Å². The predicted molar refractivity (Wildman–Crippen MR) is 137 cm³/mol. The fraction of sp³-hybridized carbons (Fsp3) is 0.292. The van der Waals surface area contributed by atoms with E-state index in [1.807, 2.05) is 30.3 Å². The third-order valence-corrected chi connectivity index (χ3v) is 6.26. The van der Waals surface area contributed by atoms with Crippen LogP contribution in [0.2, 0.25) is 0 Å². The van der Waals surface area contributed by atoms with Gasteiger partial charge < -0.3 is 25.6 Å². The smallest absolute Gasteiger partial charge is 0.248 e. The minimum atomic E-state index is -0.387. The van der Waals surface area contributed by atoms with Gasteiger partial charge in [0.25, 0.3) is 0 Å². The Morgan fingerprint density at radius 2 is 1.97 bits per heavy atom. The zero-order valence-electron chi connectivity index (χ0n) is 19.6. The van der Waals surface area contributed by atoms with Crippen molar-refractivity contribution in [2.24, 2.45) is 0 Å². The SMILES string of the molecule is C=CC(=O)Nc1cc(N)nc(Sc2cnc(N3CCN(CC)CC3)nc2OCc2ccccc2)n1. The lowest BCUT2D eigenvalue weighted by Crippen LogP contribution is -2.46. The summed E-state index contributed by atoms with van der Waals surface area (Å²) >= 11 is 1.22. The molecule has 0 bridgehead atoms. The molecular formula is C24H28N8O2S. The maximum absolute atomic E-state index is 11.7. The van der Waals surface area contributed by atoms with Gasteiger partial charge in [0.15, 0.2) is 5.16 Å². The first-order valence-corrected chi connectivity index (χ1v) is 12.1. The van der Waals surface area contributed by atoms with Gasteiger partial charge in [-0.05, 0) is 29.9 Å². The van der Waals surface area contributed by atoms with E-state index in [1.165, 1.54) is 17.8 Å². The van der Waals surface area contributed by atoms with Crippen molar-refractivity contribution >= 4 is 35.3 Å². The first-order valence-electron chi connectivity index (χ1n) is 11.3. The summed E-state index contributed by atoms with van der Waals surface area (Å²) in [5, 5.41) is 2.94. The van der Waals surface area contributed by atoms with Gasteiger partial charge in [-0.3, -0.25) is 4.79 Å². The summed E-state index contributed by atoms with van der Waals surface area (Å²) in [4.78, 5) is 34.9. The molecule has 1 aromatic carbocycles. The molecule has 0 spiro atoms. The number of likely N-dealkylation sites (N-methyl/N-ethyl adjacent to an activating group) is 1. The summed E-state index contributed by atoms with van der Waals surface area (Å²) in [6, 6.07) is 11.4. The number of hydrogen-bond acceptors (Lipinski definition) is 10. The van der Waals surface area contributed by atoms with Crippen LogP contribution < -0.4 is 20.7 Å². The zero-order chi connectivity index (χ0) is 24.6. The largest absolute Gasteiger partial charge is 0.472 e. The number of piperazine rings is 1. The lowest BCUT2D eigenvalue weighted by Gasteiger charge is -2.34. The lowest BCUT2D eigenvalue weighted by atomic mass is 10.2. The average molecular weight is 493 g/mol. The molecule has 2 aromatic heterocycles. The van der Waals surface area contributed by atoms with Crippen molar-refractivity contribution in [3.05, 3.63) is 60.8 Å². The van der Waals surface area contributed by atoms with Crippen LogP contribution in [0.25, 0.3) is 0 Å². The molecule has 182 valence electrons. The van der Waals surface area contributed by atoms with Gasteiger partial charge >= 0.3 is 0 Å². The van der Waals surface area contributed by atoms with Crippen molar-refractivity contribution in [1.29, 1.82) is 0 Å². The van der Waals surface area contributed by atoms with E-state index in [0.717, 1.165) is 44.4 Å². The molecule has 11 heteroatoms. The van der Waals surface area contributed by atoms with Crippen molar-refractivity contribution in [2.45, 2.75) is 23.6 Å². The van der Waals surface area contributed by atoms with E-state index in [0.29, 0.717) is 28.5 Å². The Labute approximate surface area is 208 Å². The normalized spacial score (nSPS) is 13.9. The van der Waals surface area contributed by atoms with Gasteiger partial charge in [-0.15, -0.1) is 0 Å². The molecular weight excluding hydrogens is 464 g/mol. The monoisotopic (exact) mass is 492 g/mol. The molecule has 1 aliphatic rings. The Morgan fingerprint density at radius 1 is 1.20 bits per heavy atom. The summed E-state index contributed by atoms with van der Waals surface area (Å²) in [5.41, 5.74) is 6.96. The molecule has 1 amide bonds. The number of nitrogen functional groups attached to an aromatic ring is 1. The second-order valence-electron chi connectivity index (χ2n) is 7.79. The van der Waals surface area contributed by atoms with E-state index >= 15 is 0 Å². The number of nitrogens with one attached hydrogen (secondary N) is 1. The molecule has 0 atom stereocenters. The fourth-order valence-electron chi connectivity index (χ4n) is 3.49. The highest BCUT2D eigenvalue weighted by Crippen LogP contribution is 2.34. The molecule has 1 saturated heterocycles. The van der Waals surface area contributed by atoms with E-state index in [9.17, 15) is 4.79 Å². The maximum atomic E-state index is 11.7. The number of amides is 1. The number of benzene rings is 1. The van der Waals surface area contributed by atoms with Crippen LogP contribution in [0.3, 0.4) is 0 Å². The lowest BCUT2D eigenvalue weighted by molar-refractivity contribution is -0.111. The summed E-state index contributed by atoms with van der Waals surface area (Å²) in [6.07, 6.45) is 2.88. The van der Waals surface area contributed by atoms with Crippen molar-refractivity contribution in [2.75, 3.05) is 48.7 Å². The Kier molecular flexibility index (Phi) is 8.11. The molecule has 0 unspecified atom stereocenters. The number of nitrogens with zero attached hydrogens (tertiary/aromatic N) is 6. The van der Waals surface area contributed by atoms with Crippen molar-refractivity contribution in [3.63, 3.8) is 0 Å². The van der Waals surface area contributed by atoms with E-state index in [2.05, 4.69) is 43.6 Å². The van der Waals surface area contributed by atoms with Crippen LogP contribution in [-0.4, -0.2) is 63.5 Å². The van der Waals surface area contributed by atoms with Gasteiger partial charge in [0.2, 0.25) is 17.7 Å². The first-order chi connectivity index (χ1) is 17.0. The predicted octanol–water partition coefficient (Wildman–Crippen LogP) is 2.85. The van der Waals surface area contributed by atoms with Crippen molar-refractivity contribution < 1.29 is 9.53 Å². The van der Waals surface area contributed by atoms with Gasteiger partial charge in [-0.25, -0.2) is 15.0 Å². The van der Waals surface area contributed by atoms with E-state index in [4.69, 9.17) is 15.5 Å². The van der Waals surface area contributed by atoms with Crippen LogP contribution in [0.4, 0.5) is 17.6 Å². The number of nitrogens with two attached hydrogens (primary N) is 1. The standard InChI is InChI=1S/C24H28N8O2S/c1-3-21(33)28-20-14-19(25)27-24(29-20)35-18-15-26-23(32-12-10-31(4-2)11-13-32)30-22(18)34-16-17-8-6-5-7-9-17/h3,5-9,14-15H,1,4,10-13,16H2,2H3,(H3,25,27,28,29,33). The molecule has 1 aliphatic heterocycles. The van der Waals surface area contributed by atoms with Crippen molar-refractivity contribution in [1.82, 2.24) is 24.8 Å². The van der Waals surface area contributed by atoms with E-state index in [1.54, 1.807) is 6.20 Å². The first kappa shape index (κ1) is 24.4. The Balaban J connectivity index is 1.59. The number of anilines is 3. The summed E-state index contributed by atoms with van der Waals surface area (Å²) in [6.45, 7) is 10.6. The van der Waals surface area contributed by atoms with Crippen LogP contribution in [0, 0.1) is 0 Å². The second-order valence-corrected chi connectivity index (χ2v) is 8.80. The molecule has 0 saturated carbocycles. The maximum Gasteiger partial charge on any atom is 0.248 e. The summed E-state index contributed by atoms with van der Waals surface area (Å²) in [5.74, 6) is 1.18. The highest BCUT2D eigenvalue weighted by atomic mass is 32.2. The third kappa shape index (κ3) is 6.67. The number of carbonyl (C=O) groups is 1. The Hall–Kier alpha value is -3.70. The van der Waals surface area contributed by atoms with Crippen LogP contribution in [-0.2, 0) is 11.4 Å². The number of aromatic nitrogens is 4. The van der Waals surface area contributed by atoms with Gasteiger partial charge in [0.1, 0.15) is 18.2 Å². The second kappa shape index (κ2) is 11.6. The van der Waals surface area contributed by atoms with Gasteiger partial charge in [0, 0.05) is 32.2 Å². The quantitative estimate of drug-likeness (QED) is 0.340. The summed E-state index contributed by atoms with van der Waals surface area (Å²) < 4.78 is 6.13. The minimum Gasteiger partial charge on any atom is -0.472 e. The highest BCUT2D eigenvalue weighted by Gasteiger charge is 2.21. The topological polar surface area (TPSA) is 122 Å². The van der Waals surface area contributed by atoms with Crippen molar-refractivity contribution in [3.8, 4) is 5.88 Å². The number of rotatable bonds is 9. The van der Waals surface area contributed by atoms with Crippen LogP contribution >= 0.6 is 11.8 Å². The summed E-state index contributed by atoms with van der Waals surface area (Å²) in [7, 11) is 0. The zero-order valence-corrected chi connectivity index (χ0v) is 20.4. The molecule has 4 rings (SSSR count). The van der Waals surface area contributed by atoms with Crippen LogP contribution in [0.15, 0.2) is 65.3 Å². The number of carbonyl (C=O) groups excluding carboxylic acids is 1. The van der Waals surface area contributed by atoms with Gasteiger partial charge in [-0.2, -0.15) is 4.98 Å². The van der Waals surface area contributed by atoms with E-state index in [-0.39, 0.29) is 17.5 Å².